The fourth-order valence-corrected chi connectivity index (χ4v) is 4.26. The highest BCUT2D eigenvalue weighted by Crippen LogP contribution is 2.36. The van der Waals surface area contributed by atoms with Crippen molar-refractivity contribution in [3.05, 3.63) is 99.8 Å². The lowest BCUT2D eigenvalue weighted by molar-refractivity contribution is 0.0733. The molecule has 1 aromatic heterocycles. The predicted molar refractivity (Wildman–Crippen MR) is 126 cm³/mol. The number of ether oxygens (including phenoxy) is 2. The maximum atomic E-state index is 12.9. The van der Waals surface area contributed by atoms with Crippen LogP contribution in [-0.2, 0) is 6.54 Å². The van der Waals surface area contributed by atoms with Crippen LogP contribution >= 0.6 is 15.9 Å². The van der Waals surface area contributed by atoms with Crippen molar-refractivity contribution < 1.29 is 19.1 Å². The maximum Gasteiger partial charge on any atom is 0.344 e. The zero-order valence-electron chi connectivity index (χ0n) is 17.2. The van der Waals surface area contributed by atoms with Gasteiger partial charge in [0.05, 0.1) is 11.1 Å². The summed E-state index contributed by atoms with van der Waals surface area (Å²) in [6.07, 6.45) is 3.78. The molecular weight excluding hydrogens is 470 g/mol. The first-order valence-electron chi connectivity index (χ1n) is 10.2. The second kappa shape index (κ2) is 8.13. The largest absolute Gasteiger partial charge is 0.452 e. The maximum absolute atomic E-state index is 12.9. The zero-order chi connectivity index (χ0) is 22.2. The van der Waals surface area contributed by atoms with Crippen LogP contribution in [0.25, 0.3) is 17.0 Å². The number of benzene rings is 3. The van der Waals surface area contributed by atoms with Gasteiger partial charge in [0.2, 0.25) is 5.78 Å². The van der Waals surface area contributed by atoms with Crippen LogP contribution in [0.3, 0.4) is 0 Å². The summed E-state index contributed by atoms with van der Waals surface area (Å²) in [6.45, 7) is 2.90. The van der Waals surface area contributed by atoms with Crippen LogP contribution in [0.15, 0.2) is 83.2 Å². The van der Waals surface area contributed by atoms with Gasteiger partial charge in [-0.2, -0.15) is 0 Å². The second-order valence-corrected chi connectivity index (χ2v) is 8.21. The van der Waals surface area contributed by atoms with Gasteiger partial charge in [0, 0.05) is 39.7 Å². The summed E-state index contributed by atoms with van der Waals surface area (Å²) < 4.78 is 14.1. The molecule has 0 unspecified atom stereocenters. The van der Waals surface area contributed by atoms with E-state index in [-0.39, 0.29) is 11.5 Å². The number of carbonyl (C=O) groups is 2. The third-order valence-electron chi connectivity index (χ3n) is 5.39. The summed E-state index contributed by atoms with van der Waals surface area (Å²) >= 11 is 3.35. The number of aryl methyl sites for hydroxylation is 1. The monoisotopic (exact) mass is 487 g/mol. The molecule has 0 bridgehead atoms. The van der Waals surface area contributed by atoms with Crippen molar-refractivity contribution >= 4 is 44.7 Å². The van der Waals surface area contributed by atoms with Gasteiger partial charge in [-0.3, -0.25) is 4.79 Å². The Bertz CT molecular complexity index is 1420. The first kappa shape index (κ1) is 20.3. The van der Waals surface area contributed by atoms with Crippen molar-refractivity contribution in [3.63, 3.8) is 0 Å². The standard InChI is InChI=1S/C26H18BrNO4/c1-2-28-15-16(18-7-4-6-10-22(18)28)13-24-25(29)20-12-11-17(14-23(20)32-24)31-26(30)19-8-3-5-9-21(19)27/h3-15H,2H2,1H3/b24-13+. The number of para-hydroxylation sites is 1. The molecule has 5 rings (SSSR count). The summed E-state index contributed by atoms with van der Waals surface area (Å²) in [4.78, 5) is 25.4. The van der Waals surface area contributed by atoms with E-state index < -0.39 is 5.97 Å². The van der Waals surface area contributed by atoms with Gasteiger partial charge >= 0.3 is 5.97 Å². The molecule has 0 radical (unpaired) electrons. The molecule has 32 heavy (non-hydrogen) atoms. The lowest BCUT2D eigenvalue weighted by atomic mass is 10.1. The minimum absolute atomic E-state index is 0.197. The number of nitrogens with zero attached hydrogens (tertiary/aromatic N) is 1. The second-order valence-electron chi connectivity index (χ2n) is 7.35. The first-order chi connectivity index (χ1) is 15.5. The summed E-state index contributed by atoms with van der Waals surface area (Å²) in [7, 11) is 0. The van der Waals surface area contributed by atoms with Gasteiger partial charge in [-0.1, -0.05) is 30.3 Å². The predicted octanol–water partition coefficient (Wildman–Crippen LogP) is 6.26. The minimum atomic E-state index is -0.495. The molecule has 0 spiro atoms. The SMILES string of the molecule is CCn1cc(/C=C2/Oc3cc(OC(=O)c4ccccc4Br)ccc3C2=O)c2ccccc21. The molecule has 3 aromatic carbocycles. The van der Waals surface area contributed by atoms with Crippen molar-refractivity contribution in [2.45, 2.75) is 13.5 Å². The number of rotatable bonds is 4. The number of Topliss-reactive ketones (excluding diaryl/α,β-unsaturated/α-hetero) is 1. The highest BCUT2D eigenvalue weighted by Gasteiger charge is 2.28. The average molecular weight is 488 g/mol. The highest BCUT2D eigenvalue weighted by atomic mass is 79.9. The van der Waals surface area contributed by atoms with Crippen molar-refractivity contribution in [3.8, 4) is 11.5 Å². The summed E-state index contributed by atoms with van der Waals surface area (Å²) in [5.74, 6) is 0.231. The van der Waals surface area contributed by atoms with Crippen LogP contribution < -0.4 is 9.47 Å². The number of aromatic nitrogens is 1. The van der Waals surface area contributed by atoms with Gasteiger partial charge in [-0.15, -0.1) is 0 Å². The van der Waals surface area contributed by atoms with E-state index in [9.17, 15) is 9.59 Å². The van der Waals surface area contributed by atoms with Gasteiger partial charge in [0.15, 0.2) is 5.76 Å². The van der Waals surface area contributed by atoms with Gasteiger partial charge in [-0.05, 0) is 59.3 Å². The fraction of sp³-hybridized carbons (Fsp3) is 0.0769. The van der Waals surface area contributed by atoms with Crippen LogP contribution in [-0.4, -0.2) is 16.3 Å². The Balaban J connectivity index is 1.43. The Labute approximate surface area is 193 Å². The quantitative estimate of drug-likeness (QED) is 0.193. The molecule has 0 saturated heterocycles. The molecule has 4 aromatic rings. The summed E-state index contributed by atoms with van der Waals surface area (Å²) in [5.41, 5.74) is 2.87. The number of fused-ring (bicyclic) bond motifs is 2. The Morgan fingerprint density at radius 2 is 1.88 bits per heavy atom. The summed E-state index contributed by atoms with van der Waals surface area (Å²) in [5, 5.41) is 1.05. The van der Waals surface area contributed by atoms with E-state index >= 15 is 0 Å². The van der Waals surface area contributed by atoms with Gasteiger partial charge in [0.1, 0.15) is 11.5 Å². The zero-order valence-corrected chi connectivity index (χ0v) is 18.8. The van der Waals surface area contributed by atoms with Crippen LogP contribution in [0.5, 0.6) is 11.5 Å². The normalized spacial score (nSPS) is 13.9. The molecule has 158 valence electrons. The van der Waals surface area contributed by atoms with Crippen LogP contribution in [0.2, 0.25) is 0 Å². The van der Waals surface area contributed by atoms with E-state index in [4.69, 9.17) is 9.47 Å². The number of allylic oxidation sites excluding steroid dienone is 1. The van der Waals surface area contributed by atoms with Crippen LogP contribution in [0.4, 0.5) is 0 Å². The molecule has 5 nitrogen and oxygen atoms in total. The van der Waals surface area contributed by atoms with E-state index in [1.807, 2.05) is 30.5 Å². The summed E-state index contributed by atoms with van der Waals surface area (Å²) in [6, 6.07) is 19.9. The Hall–Kier alpha value is -3.64. The smallest absolute Gasteiger partial charge is 0.344 e. The highest BCUT2D eigenvalue weighted by molar-refractivity contribution is 9.10. The van der Waals surface area contributed by atoms with Crippen LogP contribution in [0.1, 0.15) is 33.2 Å². The van der Waals surface area contributed by atoms with Gasteiger partial charge in [-0.25, -0.2) is 4.79 Å². The fourth-order valence-electron chi connectivity index (χ4n) is 3.81. The lowest BCUT2D eigenvalue weighted by Crippen LogP contribution is -2.09. The van der Waals surface area contributed by atoms with Crippen molar-refractivity contribution in [1.29, 1.82) is 0 Å². The van der Waals surface area contributed by atoms with Crippen molar-refractivity contribution in [1.82, 2.24) is 4.57 Å². The van der Waals surface area contributed by atoms with E-state index in [1.54, 1.807) is 42.5 Å². The van der Waals surface area contributed by atoms with Crippen LogP contribution in [0, 0.1) is 0 Å². The molecule has 1 aliphatic heterocycles. The Morgan fingerprint density at radius 3 is 2.69 bits per heavy atom. The molecule has 1 aliphatic rings. The van der Waals surface area contributed by atoms with Crippen molar-refractivity contribution in [2.75, 3.05) is 0 Å². The van der Waals surface area contributed by atoms with Gasteiger partial charge in [0.25, 0.3) is 0 Å². The molecule has 0 N–H and O–H groups in total. The van der Waals surface area contributed by atoms with Crippen molar-refractivity contribution in [2.24, 2.45) is 0 Å². The average Bonchev–Trinajstić information content (AvgIpc) is 3.31. The molecule has 6 heteroatoms. The number of hydrogen-bond donors (Lipinski definition) is 0. The molecule has 2 heterocycles. The third-order valence-corrected chi connectivity index (χ3v) is 6.08. The minimum Gasteiger partial charge on any atom is -0.452 e. The Kier molecular flexibility index (Phi) is 5.15. The lowest BCUT2D eigenvalue weighted by Gasteiger charge is -2.06. The third kappa shape index (κ3) is 3.52. The topological polar surface area (TPSA) is 57.5 Å². The number of ketones is 1. The molecular formula is C26H18BrNO4. The number of carbonyl (C=O) groups excluding carboxylic acids is 2. The molecule has 0 atom stereocenters. The molecule has 0 amide bonds. The molecule has 0 fully saturated rings. The van der Waals surface area contributed by atoms with E-state index in [0.29, 0.717) is 27.1 Å². The number of esters is 1. The Morgan fingerprint density at radius 1 is 1.09 bits per heavy atom. The van der Waals surface area contributed by atoms with E-state index in [0.717, 1.165) is 23.0 Å². The number of hydrogen-bond acceptors (Lipinski definition) is 4. The van der Waals surface area contributed by atoms with Gasteiger partial charge < -0.3 is 14.0 Å². The first-order valence-corrected chi connectivity index (χ1v) is 11.0. The van der Waals surface area contributed by atoms with E-state index in [1.165, 1.54) is 0 Å². The number of halogens is 1. The molecule has 0 aliphatic carbocycles. The van der Waals surface area contributed by atoms with E-state index in [2.05, 4.69) is 33.5 Å². The molecule has 0 saturated carbocycles.